The maximum Gasteiger partial charge on any atom is 0.151 e. The van der Waals surface area contributed by atoms with E-state index in [0.717, 1.165) is 27.5 Å². The zero-order valence-corrected chi connectivity index (χ0v) is 10.5. The largest absolute Gasteiger partial charge is 0.298 e. The Hall–Kier alpha value is -1.13. The predicted octanol–water partition coefficient (Wildman–Crippen LogP) is 3.53. The molecule has 0 atom stereocenters. The molecule has 0 aliphatic heterocycles. The lowest BCUT2D eigenvalue weighted by Gasteiger charge is -1.90. The first-order valence-electron chi connectivity index (χ1n) is 4.90. The van der Waals surface area contributed by atoms with Gasteiger partial charge in [-0.2, -0.15) is 0 Å². The maximum absolute atomic E-state index is 10.4. The Morgan fingerprint density at radius 3 is 3.06 bits per heavy atom. The van der Waals surface area contributed by atoms with Crippen molar-refractivity contribution in [2.45, 2.75) is 11.3 Å². The van der Waals surface area contributed by atoms with Crippen LogP contribution < -0.4 is 0 Å². The minimum Gasteiger partial charge on any atom is -0.298 e. The zero-order valence-electron chi connectivity index (χ0n) is 8.84. The van der Waals surface area contributed by atoms with Gasteiger partial charge in [-0.05, 0) is 24.6 Å². The molecule has 16 heavy (non-hydrogen) atoms. The fourth-order valence-electron chi connectivity index (χ4n) is 1.21. The van der Waals surface area contributed by atoms with Crippen LogP contribution >= 0.6 is 23.1 Å². The number of aromatic nitrogens is 1. The van der Waals surface area contributed by atoms with Crippen LogP contribution in [0.5, 0.6) is 0 Å². The van der Waals surface area contributed by atoms with Gasteiger partial charge in [-0.25, -0.2) is 4.98 Å². The minimum absolute atomic E-state index is 0.772. The number of carbonyl (C=O) groups is 1. The summed E-state index contributed by atoms with van der Waals surface area (Å²) in [5, 5.41) is 0. The van der Waals surface area contributed by atoms with Gasteiger partial charge in [-0.15, -0.1) is 11.3 Å². The highest BCUT2D eigenvalue weighted by Crippen LogP contribution is 2.29. The molecular formula is C12H11NOS2. The lowest BCUT2D eigenvalue weighted by molar-refractivity contribution is -0.104. The Kier molecular flexibility index (Phi) is 3.74. The average Bonchev–Trinajstić information content (AvgIpc) is 2.71. The number of thiazole rings is 1. The van der Waals surface area contributed by atoms with Crippen molar-refractivity contribution in [1.29, 1.82) is 0 Å². The Morgan fingerprint density at radius 1 is 1.50 bits per heavy atom. The number of hydrogen-bond donors (Lipinski definition) is 0. The number of allylic oxidation sites excluding steroid dienone is 1. The Bertz CT molecular complexity index is 498. The molecule has 0 aliphatic rings. The van der Waals surface area contributed by atoms with E-state index in [2.05, 4.69) is 11.1 Å². The van der Waals surface area contributed by atoms with E-state index in [1.54, 1.807) is 23.1 Å². The van der Waals surface area contributed by atoms with Crippen molar-refractivity contribution in [1.82, 2.24) is 4.98 Å². The van der Waals surface area contributed by atoms with Crippen LogP contribution in [0.15, 0.2) is 40.3 Å². The molecule has 0 N–H and O–H groups in total. The first-order valence-corrected chi connectivity index (χ1v) is 6.70. The maximum atomic E-state index is 10.4. The van der Waals surface area contributed by atoms with Crippen molar-refractivity contribution in [3.05, 3.63) is 35.9 Å². The molecule has 0 saturated carbocycles. The molecule has 0 amide bonds. The van der Waals surface area contributed by atoms with E-state index >= 15 is 0 Å². The summed E-state index contributed by atoms with van der Waals surface area (Å²) in [4.78, 5) is 14.9. The lowest BCUT2D eigenvalue weighted by Crippen LogP contribution is -1.79. The third-order valence-electron chi connectivity index (χ3n) is 2.07. The van der Waals surface area contributed by atoms with Gasteiger partial charge in [0.05, 0.1) is 10.2 Å². The van der Waals surface area contributed by atoms with E-state index in [1.165, 1.54) is 4.70 Å². The molecule has 0 fully saturated rings. The minimum atomic E-state index is 0.772. The van der Waals surface area contributed by atoms with Crippen LogP contribution in [-0.4, -0.2) is 17.0 Å². The normalized spacial score (nSPS) is 11.9. The van der Waals surface area contributed by atoms with Crippen LogP contribution in [0.1, 0.15) is 6.92 Å². The lowest BCUT2D eigenvalue weighted by atomic mass is 10.3. The van der Waals surface area contributed by atoms with Gasteiger partial charge in [0.1, 0.15) is 6.29 Å². The van der Waals surface area contributed by atoms with Gasteiger partial charge in [-0.1, -0.05) is 30.0 Å². The van der Waals surface area contributed by atoms with Gasteiger partial charge in [-0.3, -0.25) is 4.79 Å². The van der Waals surface area contributed by atoms with Crippen LogP contribution in [-0.2, 0) is 4.79 Å². The monoisotopic (exact) mass is 249 g/mol. The van der Waals surface area contributed by atoms with Crippen LogP contribution in [0.25, 0.3) is 10.2 Å². The smallest absolute Gasteiger partial charge is 0.151 e. The van der Waals surface area contributed by atoms with Crippen LogP contribution in [0.4, 0.5) is 0 Å². The second kappa shape index (κ2) is 5.27. The Balaban J connectivity index is 2.07. The van der Waals surface area contributed by atoms with Gasteiger partial charge in [0.25, 0.3) is 0 Å². The van der Waals surface area contributed by atoms with E-state index in [0.29, 0.717) is 0 Å². The van der Waals surface area contributed by atoms with Crippen molar-refractivity contribution < 1.29 is 4.79 Å². The molecule has 1 aromatic carbocycles. The van der Waals surface area contributed by atoms with Gasteiger partial charge in [0.15, 0.2) is 4.34 Å². The summed E-state index contributed by atoms with van der Waals surface area (Å²) < 4.78 is 2.26. The van der Waals surface area contributed by atoms with E-state index in [9.17, 15) is 4.79 Å². The van der Waals surface area contributed by atoms with Gasteiger partial charge >= 0.3 is 0 Å². The molecule has 0 bridgehead atoms. The van der Waals surface area contributed by atoms with E-state index in [4.69, 9.17) is 0 Å². The molecule has 2 aromatic rings. The molecule has 4 heteroatoms. The molecule has 0 radical (unpaired) electrons. The molecule has 0 unspecified atom stereocenters. The average molecular weight is 249 g/mol. The number of thioether (sulfide) groups is 1. The quantitative estimate of drug-likeness (QED) is 0.471. The topological polar surface area (TPSA) is 30.0 Å². The number of para-hydroxylation sites is 1. The summed E-state index contributed by atoms with van der Waals surface area (Å²) in [5.41, 5.74) is 1.82. The number of rotatable bonds is 4. The molecule has 82 valence electrons. The van der Waals surface area contributed by atoms with Crippen LogP contribution in [0.2, 0.25) is 0 Å². The highest BCUT2D eigenvalue weighted by Gasteiger charge is 2.02. The fraction of sp³-hybridized carbons (Fsp3) is 0.167. The van der Waals surface area contributed by atoms with Gasteiger partial charge in [0, 0.05) is 5.75 Å². The molecular weight excluding hydrogens is 238 g/mol. The summed E-state index contributed by atoms with van der Waals surface area (Å²) in [5.74, 6) is 0.796. The third kappa shape index (κ3) is 2.71. The predicted molar refractivity (Wildman–Crippen MR) is 70.2 cm³/mol. The Morgan fingerprint density at radius 2 is 2.31 bits per heavy atom. The highest BCUT2D eigenvalue weighted by atomic mass is 32.2. The van der Waals surface area contributed by atoms with Crippen LogP contribution in [0, 0.1) is 0 Å². The SMILES string of the molecule is C/C(C=O)=C\CSc1nc2ccccc2s1. The number of carbonyl (C=O) groups excluding carboxylic acids is 1. The molecule has 0 saturated heterocycles. The third-order valence-corrected chi connectivity index (χ3v) is 4.18. The van der Waals surface area contributed by atoms with Crippen molar-refractivity contribution in [3.63, 3.8) is 0 Å². The summed E-state index contributed by atoms with van der Waals surface area (Å²) in [7, 11) is 0. The number of aldehydes is 1. The summed E-state index contributed by atoms with van der Waals surface area (Å²) in [6.45, 7) is 1.81. The second-order valence-corrected chi connectivity index (χ2v) is 5.62. The molecule has 1 aromatic heterocycles. The molecule has 2 rings (SSSR count). The first kappa shape index (κ1) is 11.4. The second-order valence-electron chi connectivity index (χ2n) is 3.32. The van der Waals surface area contributed by atoms with E-state index in [-0.39, 0.29) is 0 Å². The van der Waals surface area contributed by atoms with Crippen molar-refractivity contribution in [3.8, 4) is 0 Å². The van der Waals surface area contributed by atoms with E-state index < -0.39 is 0 Å². The number of fused-ring (bicyclic) bond motifs is 1. The summed E-state index contributed by atoms with van der Waals surface area (Å²) >= 11 is 3.35. The van der Waals surface area contributed by atoms with Crippen molar-refractivity contribution >= 4 is 39.6 Å². The van der Waals surface area contributed by atoms with Crippen LogP contribution in [0.3, 0.4) is 0 Å². The molecule has 0 aliphatic carbocycles. The highest BCUT2D eigenvalue weighted by molar-refractivity contribution is 8.01. The van der Waals surface area contributed by atoms with E-state index in [1.807, 2.05) is 31.2 Å². The number of nitrogens with zero attached hydrogens (tertiary/aromatic N) is 1. The molecule has 2 nitrogen and oxygen atoms in total. The first-order chi connectivity index (χ1) is 7.79. The summed E-state index contributed by atoms with van der Waals surface area (Å²) in [6.07, 6.45) is 2.79. The fourth-order valence-corrected chi connectivity index (χ4v) is 3.26. The number of hydrogen-bond acceptors (Lipinski definition) is 4. The Labute approximate surface area is 102 Å². The zero-order chi connectivity index (χ0) is 11.4. The number of benzene rings is 1. The van der Waals surface area contributed by atoms with Crippen molar-refractivity contribution in [2.75, 3.05) is 5.75 Å². The van der Waals surface area contributed by atoms with Gasteiger partial charge in [0.2, 0.25) is 0 Å². The summed E-state index contributed by atoms with van der Waals surface area (Å²) in [6, 6.07) is 8.10. The molecule has 0 spiro atoms. The van der Waals surface area contributed by atoms with Crippen molar-refractivity contribution in [2.24, 2.45) is 0 Å². The standard InChI is InChI=1S/C12H11NOS2/c1-9(8-14)6-7-15-12-13-10-4-2-3-5-11(10)16-12/h2-6,8H,7H2,1H3/b9-6+. The van der Waals surface area contributed by atoms with Gasteiger partial charge < -0.3 is 0 Å². The molecule has 1 heterocycles.